The van der Waals surface area contributed by atoms with Gasteiger partial charge in [0, 0.05) is 24.7 Å². The summed E-state index contributed by atoms with van der Waals surface area (Å²) in [5.41, 5.74) is 1.91. The largest absolute Gasteiger partial charge is 0.493 e. The minimum absolute atomic E-state index is 0.0409. The second kappa shape index (κ2) is 7.59. The molecule has 6 rings (SSSR count). The number of hydrogen-bond acceptors (Lipinski definition) is 5. The van der Waals surface area contributed by atoms with Crippen LogP contribution in [0.3, 0.4) is 0 Å². The fraction of sp³-hybridized carbons (Fsp3) is 0.464. The average Bonchev–Trinajstić information content (AvgIpc) is 3.20. The normalized spacial score (nSPS) is 33.4. The van der Waals surface area contributed by atoms with Crippen molar-refractivity contribution in [3.05, 3.63) is 65.2 Å². The summed E-state index contributed by atoms with van der Waals surface area (Å²) in [5, 5.41) is 12.4. The number of benzene rings is 2. The van der Waals surface area contributed by atoms with Crippen molar-refractivity contribution in [3.63, 3.8) is 0 Å². The number of rotatable bonds is 4. The van der Waals surface area contributed by atoms with Crippen molar-refractivity contribution in [3.8, 4) is 11.5 Å². The van der Waals surface area contributed by atoms with Crippen molar-refractivity contribution < 1.29 is 19.4 Å². The Kier molecular flexibility index (Phi) is 4.84. The van der Waals surface area contributed by atoms with Crippen LogP contribution >= 0.6 is 0 Å². The van der Waals surface area contributed by atoms with Gasteiger partial charge in [-0.1, -0.05) is 36.4 Å². The molecule has 2 aliphatic heterocycles. The first kappa shape index (κ1) is 21.7. The van der Waals surface area contributed by atoms with Gasteiger partial charge in [0.1, 0.15) is 6.10 Å². The first-order valence-corrected chi connectivity index (χ1v) is 12.2. The maximum atomic E-state index is 13.3. The fourth-order valence-electron chi connectivity index (χ4n) is 7.29. The van der Waals surface area contributed by atoms with E-state index in [1.807, 2.05) is 54.4 Å². The Morgan fingerprint density at radius 1 is 1.24 bits per heavy atom. The van der Waals surface area contributed by atoms with Crippen LogP contribution in [0.1, 0.15) is 36.0 Å². The van der Waals surface area contributed by atoms with Gasteiger partial charge in [0.2, 0.25) is 5.91 Å². The van der Waals surface area contributed by atoms with Crippen molar-refractivity contribution in [2.75, 3.05) is 27.7 Å². The van der Waals surface area contributed by atoms with Gasteiger partial charge in [0.15, 0.2) is 11.5 Å². The number of carbonyl (C=O) groups excluding carboxylic acids is 1. The highest BCUT2D eigenvalue weighted by atomic mass is 16.5. The molecule has 2 fully saturated rings. The number of aliphatic hydroxyl groups is 1. The highest BCUT2D eigenvalue weighted by molar-refractivity contribution is 5.92. The molecule has 2 aliphatic carbocycles. The number of piperidine rings is 1. The minimum atomic E-state index is -0.893. The molecule has 1 amide bonds. The zero-order valence-electron chi connectivity index (χ0n) is 20.0. The smallest absolute Gasteiger partial charge is 0.246 e. The van der Waals surface area contributed by atoms with Gasteiger partial charge in [0.25, 0.3) is 0 Å². The number of methoxy groups -OCH3 is 1. The molecule has 6 nitrogen and oxygen atoms in total. The van der Waals surface area contributed by atoms with Gasteiger partial charge in [0.05, 0.1) is 24.2 Å². The van der Waals surface area contributed by atoms with E-state index in [-0.39, 0.29) is 24.1 Å². The summed E-state index contributed by atoms with van der Waals surface area (Å²) >= 11 is 0. The zero-order chi connectivity index (χ0) is 23.7. The number of nitrogens with zero attached hydrogens (tertiary/aromatic N) is 2. The van der Waals surface area contributed by atoms with E-state index in [1.165, 1.54) is 5.56 Å². The highest BCUT2D eigenvalue weighted by Gasteiger charge is 2.73. The van der Waals surface area contributed by atoms with E-state index in [1.54, 1.807) is 13.2 Å². The Labute approximate surface area is 200 Å². The van der Waals surface area contributed by atoms with Crippen molar-refractivity contribution in [1.82, 2.24) is 9.80 Å². The SMILES string of the molecule is COc1ccc2c3c1OC1C(N(C)C(=O)/C=C/c4ccccc4)CC[C@@]4(O)[C@@H](C2)N(C)CC[C@]314. The Morgan fingerprint density at radius 2 is 2.03 bits per heavy atom. The molecule has 6 heteroatoms. The molecule has 1 saturated heterocycles. The predicted octanol–water partition coefficient (Wildman–Crippen LogP) is 3.02. The molecule has 2 aromatic rings. The summed E-state index contributed by atoms with van der Waals surface area (Å²) in [4.78, 5) is 17.4. The molecule has 5 atom stereocenters. The number of likely N-dealkylation sites (N-methyl/N-ethyl adjacent to an activating group) is 2. The van der Waals surface area contributed by atoms with Crippen LogP contribution in [-0.2, 0) is 16.6 Å². The van der Waals surface area contributed by atoms with Gasteiger partial charge in [-0.3, -0.25) is 4.79 Å². The topological polar surface area (TPSA) is 62.2 Å². The first-order chi connectivity index (χ1) is 16.4. The summed E-state index contributed by atoms with van der Waals surface area (Å²) in [6.45, 7) is 0.890. The van der Waals surface area contributed by atoms with Crippen LogP contribution in [0, 0.1) is 0 Å². The van der Waals surface area contributed by atoms with Crippen LogP contribution in [0.4, 0.5) is 0 Å². The second-order valence-electron chi connectivity index (χ2n) is 10.3. The van der Waals surface area contributed by atoms with Crippen LogP contribution < -0.4 is 9.47 Å². The van der Waals surface area contributed by atoms with E-state index < -0.39 is 11.0 Å². The van der Waals surface area contributed by atoms with Crippen LogP contribution in [0.25, 0.3) is 6.08 Å². The number of carbonyl (C=O) groups is 1. The minimum Gasteiger partial charge on any atom is -0.493 e. The Morgan fingerprint density at radius 3 is 2.79 bits per heavy atom. The van der Waals surface area contributed by atoms with Crippen LogP contribution in [0.5, 0.6) is 11.5 Å². The lowest BCUT2D eigenvalue weighted by atomic mass is 9.48. The van der Waals surface area contributed by atoms with Crippen LogP contribution in [0.2, 0.25) is 0 Å². The molecule has 0 aromatic heterocycles. The third kappa shape index (κ3) is 2.72. The van der Waals surface area contributed by atoms with Gasteiger partial charge in [-0.05, 0) is 62.5 Å². The quantitative estimate of drug-likeness (QED) is 0.711. The lowest BCUT2D eigenvalue weighted by Crippen LogP contribution is -2.77. The first-order valence-electron chi connectivity index (χ1n) is 12.2. The zero-order valence-corrected chi connectivity index (χ0v) is 20.0. The van der Waals surface area contributed by atoms with Gasteiger partial charge >= 0.3 is 0 Å². The van der Waals surface area contributed by atoms with E-state index in [4.69, 9.17) is 9.47 Å². The molecule has 2 bridgehead atoms. The van der Waals surface area contributed by atoms with Crippen LogP contribution in [0.15, 0.2) is 48.5 Å². The van der Waals surface area contributed by atoms with Crippen molar-refractivity contribution >= 4 is 12.0 Å². The molecular weight excluding hydrogens is 428 g/mol. The molecule has 4 aliphatic rings. The average molecular weight is 461 g/mol. The molecule has 2 aromatic carbocycles. The predicted molar refractivity (Wildman–Crippen MR) is 130 cm³/mol. The molecule has 0 radical (unpaired) electrons. The number of ether oxygens (including phenoxy) is 2. The number of hydrogen-bond donors (Lipinski definition) is 1. The Balaban J connectivity index is 1.41. The molecule has 1 N–H and O–H groups in total. The maximum absolute atomic E-state index is 13.3. The van der Waals surface area contributed by atoms with E-state index in [0.29, 0.717) is 18.6 Å². The Bertz CT molecular complexity index is 1160. The molecule has 2 unspecified atom stereocenters. The maximum Gasteiger partial charge on any atom is 0.246 e. The monoisotopic (exact) mass is 460 g/mol. The Hall–Kier alpha value is -2.83. The van der Waals surface area contributed by atoms with Crippen molar-refractivity contribution in [1.29, 1.82) is 0 Å². The number of amides is 1. The summed E-state index contributed by atoms with van der Waals surface area (Å²) in [7, 11) is 5.64. The molecular formula is C28H32N2O4. The van der Waals surface area contributed by atoms with E-state index in [2.05, 4.69) is 18.0 Å². The lowest BCUT2D eigenvalue weighted by Gasteiger charge is -2.64. The third-order valence-corrected chi connectivity index (χ3v) is 8.97. The molecule has 1 saturated carbocycles. The summed E-state index contributed by atoms with van der Waals surface area (Å²) in [6.07, 6.45) is 6.12. The molecule has 34 heavy (non-hydrogen) atoms. The lowest BCUT2D eigenvalue weighted by molar-refractivity contribution is -0.195. The van der Waals surface area contributed by atoms with Crippen molar-refractivity contribution in [2.45, 2.75) is 54.9 Å². The van der Waals surface area contributed by atoms with E-state index in [0.717, 1.165) is 36.3 Å². The van der Waals surface area contributed by atoms with Crippen molar-refractivity contribution in [2.24, 2.45) is 0 Å². The summed E-state index contributed by atoms with van der Waals surface area (Å²) in [5.74, 6) is 1.42. The molecule has 2 heterocycles. The summed E-state index contributed by atoms with van der Waals surface area (Å²) < 4.78 is 12.4. The molecule has 178 valence electrons. The third-order valence-electron chi connectivity index (χ3n) is 8.97. The van der Waals surface area contributed by atoms with Gasteiger partial charge < -0.3 is 24.4 Å². The summed E-state index contributed by atoms with van der Waals surface area (Å²) in [6, 6.07) is 13.9. The molecule has 1 spiro atoms. The second-order valence-corrected chi connectivity index (χ2v) is 10.3. The fourth-order valence-corrected chi connectivity index (χ4v) is 7.29. The van der Waals surface area contributed by atoms with Gasteiger partial charge in [-0.2, -0.15) is 0 Å². The standard InChI is InChI=1S/C28H32N2O4/c1-29-16-15-27-24-19-10-11-21(33-3)25(24)34-26(27)20(13-14-28(27,32)22(29)17-19)30(2)23(31)12-9-18-7-5-4-6-8-18/h4-12,20,22,26,32H,13-17H2,1-3H3/b12-9+/t20?,22-,26?,27+,28-/m1/s1. The van der Waals surface area contributed by atoms with Crippen LogP contribution in [-0.4, -0.2) is 72.4 Å². The van der Waals surface area contributed by atoms with E-state index in [9.17, 15) is 9.90 Å². The van der Waals surface area contributed by atoms with E-state index >= 15 is 0 Å². The van der Waals surface area contributed by atoms with Gasteiger partial charge in [-0.15, -0.1) is 0 Å². The van der Waals surface area contributed by atoms with Gasteiger partial charge in [-0.25, -0.2) is 0 Å². The number of likely N-dealkylation sites (tertiary alicyclic amines) is 1. The highest BCUT2D eigenvalue weighted by Crippen LogP contribution is 2.65.